The van der Waals surface area contributed by atoms with Gasteiger partial charge in [0.2, 0.25) is 0 Å². The summed E-state index contributed by atoms with van der Waals surface area (Å²) in [5.41, 5.74) is 7.32. The normalized spacial score (nSPS) is 13.2. The third-order valence-corrected chi connectivity index (χ3v) is 2.20. The number of nitrogen functional groups attached to an aromatic ring is 1. The van der Waals surface area contributed by atoms with Crippen LogP contribution < -0.4 is 5.73 Å². The second-order valence-electron chi connectivity index (χ2n) is 3.20. The first-order valence-corrected chi connectivity index (χ1v) is 4.54. The van der Waals surface area contributed by atoms with Crippen LogP contribution in [0, 0.1) is 6.92 Å². The van der Waals surface area contributed by atoms with Crippen LogP contribution in [0.4, 0.5) is 5.69 Å². The van der Waals surface area contributed by atoms with Crippen LogP contribution in [0.3, 0.4) is 0 Å². The van der Waals surface area contributed by atoms with Crippen molar-refractivity contribution < 1.29 is 4.74 Å². The summed E-state index contributed by atoms with van der Waals surface area (Å²) in [4.78, 5) is 0. The number of aromatic nitrogens is 2. The number of hydrogen-bond acceptors (Lipinski definition) is 3. The van der Waals surface area contributed by atoms with Gasteiger partial charge in [-0.05, 0) is 20.3 Å². The van der Waals surface area contributed by atoms with Crippen LogP contribution in [0.2, 0.25) is 0 Å². The van der Waals surface area contributed by atoms with E-state index in [0.29, 0.717) is 12.4 Å². The highest BCUT2D eigenvalue weighted by Gasteiger charge is 2.04. The molecule has 0 spiro atoms. The lowest BCUT2D eigenvalue weighted by atomic mass is 10.3. The topological polar surface area (TPSA) is 53.1 Å². The van der Waals surface area contributed by atoms with E-state index in [9.17, 15) is 0 Å². The second kappa shape index (κ2) is 4.28. The lowest BCUT2D eigenvalue weighted by Gasteiger charge is -2.11. The molecule has 0 fully saturated rings. The molecule has 1 rings (SSSR count). The van der Waals surface area contributed by atoms with E-state index < -0.39 is 0 Å². The number of nitrogens with two attached hydrogens (primary N) is 1. The van der Waals surface area contributed by atoms with Crippen LogP contribution in [0.5, 0.6) is 0 Å². The van der Waals surface area contributed by atoms with E-state index in [1.807, 2.05) is 13.8 Å². The fraction of sp³-hybridized carbons (Fsp3) is 0.667. The van der Waals surface area contributed by atoms with Crippen LogP contribution in [-0.4, -0.2) is 15.9 Å². The first kappa shape index (κ1) is 10.1. The number of hydrogen-bond donors (Lipinski definition) is 1. The molecule has 4 heteroatoms. The average molecular weight is 183 g/mol. The van der Waals surface area contributed by atoms with Crippen molar-refractivity contribution in [1.82, 2.24) is 9.78 Å². The highest BCUT2D eigenvalue weighted by molar-refractivity contribution is 5.39. The van der Waals surface area contributed by atoms with Gasteiger partial charge < -0.3 is 10.5 Å². The lowest BCUT2D eigenvalue weighted by Crippen LogP contribution is -2.12. The molecule has 74 valence electrons. The largest absolute Gasteiger partial charge is 0.396 e. The second-order valence-corrected chi connectivity index (χ2v) is 3.20. The van der Waals surface area contributed by atoms with Gasteiger partial charge in [0.25, 0.3) is 0 Å². The number of anilines is 1. The van der Waals surface area contributed by atoms with Gasteiger partial charge in [0, 0.05) is 0 Å². The standard InChI is InChI=1S/C9H17N3O/c1-4-7(2)13-6-12-8(3)9(10)5-11-12/h5,7H,4,6,10H2,1-3H3. The Kier molecular flexibility index (Phi) is 3.31. The van der Waals surface area contributed by atoms with Crippen LogP contribution in [0.1, 0.15) is 26.0 Å². The Hall–Kier alpha value is -1.03. The van der Waals surface area contributed by atoms with Crippen molar-refractivity contribution in [2.75, 3.05) is 5.73 Å². The van der Waals surface area contributed by atoms with Gasteiger partial charge in [-0.3, -0.25) is 0 Å². The van der Waals surface area contributed by atoms with Crippen molar-refractivity contribution in [3.8, 4) is 0 Å². The molecule has 13 heavy (non-hydrogen) atoms. The van der Waals surface area contributed by atoms with Gasteiger partial charge in [0.1, 0.15) is 6.73 Å². The summed E-state index contributed by atoms with van der Waals surface area (Å²) in [5.74, 6) is 0. The molecule has 0 amide bonds. The summed E-state index contributed by atoms with van der Waals surface area (Å²) in [6.45, 7) is 6.55. The number of nitrogens with zero attached hydrogens (tertiary/aromatic N) is 2. The highest BCUT2D eigenvalue weighted by atomic mass is 16.5. The molecule has 2 N–H and O–H groups in total. The van der Waals surface area contributed by atoms with Crippen molar-refractivity contribution in [3.63, 3.8) is 0 Å². The van der Waals surface area contributed by atoms with Crippen LogP contribution in [0.25, 0.3) is 0 Å². The summed E-state index contributed by atoms with van der Waals surface area (Å²) >= 11 is 0. The van der Waals surface area contributed by atoms with Crippen LogP contribution >= 0.6 is 0 Å². The van der Waals surface area contributed by atoms with E-state index in [4.69, 9.17) is 10.5 Å². The maximum absolute atomic E-state index is 5.64. The van der Waals surface area contributed by atoms with Gasteiger partial charge in [-0.1, -0.05) is 6.92 Å². The van der Waals surface area contributed by atoms with Crippen molar-refractivity contribution in [2.45, 2.75) is 40.0 Å². The number of rotatable bonds is 4. The third-order valence-electron chi connectivity index (χ3n) is 2.20. The molecular formula is C9H17N3O. The van der Waals surface area contributed by atoms with E-state index in [1.165, 1.54) is 0 Å². The molecular weight excluding hydrogens is 166 g/mol. The molecule has 1 atom stereocenters. The SMILES string of the molecule is CCC(C)OCn1ncc(N)c1C. The quantitative estimate of drug-likeness (QED) is 0.770. The maximum Gasteiger partial charge on any atom is 0.140 e. The predicted molar refractivity (Wildman–Crippen MR) is 52.2 cm³/mol. The first-order chi connectivity index (χ1) is 6.15. The minimum absolute atomic E-state index is 0.268. The summed E-state index contributed by atoms with van der Waals surface area (Å²) in [7, 11) is 0. The molecule has 1 unspecified atom stereocenters. The fourth-order valence-electron chi connectivity index (χ4n) is 0.907. The van der Waals surface area contributed by atoms with E-state index in [1.54, 1.807) is 10.9 Å². The maximum atomic E-state index is 5.64. The van der Waals surface area contributed by atoms with Crippen LogP contribution in [-0.2, 0) is 11.5 Å². The smallest absolute Gasteiger partial charge is 0.140 e. The van der Waals surface area contributed by atoms with Crippen molar-refractivity contribution in [2.24, 2.45) is 0 Å². The molecule has 0 radical (unpaired) electrons. The Bertz CT molecular complexity index is 270. The Labute approximate surface area is 78.7 Å². The average Bonchev–Trinajstić information content (AvgIpc) is 2.44. The van der Waals surface area contributed by atoms with Gasteiger partial charge in [0.05, 0.1) is 23.7 Å². The zero-order valence-electron chi connectivity index (χ0n) is 8.45. The summed E-state index contributed by atoms with van der Waals surface area (Å²) in [5, 5.41) is 4.09. The fourth-order valence-corrected chi connectivity index (χ4v) is 0.907. The Morgan fingerprint density at radius 2 is 2.38 bits per heavy atom. The predicted octanol–water partition coefficient (Wildman–Crippen LogP) is 1.55. The van der Waals surface area contributed by atoms with Crippen molar-refractivity contribution in [1.29, 1.82) is 0 Å². The molecule has 1 aromatic heterocycles. The molecule has 0 saturated carbocycles. The van der Waals surface area contributed by atoms with Gasteiger partial charge in [-0.25, -0.2) is 4.68 Å². The van der Waals surface area contributed by atoms with E-state index in [2.05, 4.69) is 12.0 Å². The van der Waals surface area contributed by atoms with Gasteiger partial charge in [0.15, 0.2) is 0 Å². The van der Waals surface area contributed by atoms with Gasteiger partial charge in [-0.2, -0.15) is 5.10 Å². The summed E-state index contributed by atoms with van der Waals surface area (Å²) < 4.78 is 7.28. The Balaban J connectivity index is 2.50. The van der Waals surface area contributed by atoms with Crippen molar-refractivity contribution in [3.05, 3.63) is 11.9 Å². The molecule has 0 aliphatic heterocycles. The summed E-state index contributed by atoms with van der Waals surface area (Å²) in [6.07, 6.45) is 2.93. The minimum Gasteiger partial charge on any atom is -0.396 e. The Morgan fingerprint density at radius 3 is 2.85 bits per heavy atom. The molecule has 1 heterocycles. The molecule has 0 saturated heterocycles. The molecule has 1 aromatic rings. The minimum atomic E-state index is 0.268. The van der Waals surface area contributed by atoms with Crippen molar-refractivity contribution >= 4 is 5.69 Å². The van der Waals surface area contributed by atoms with E-state index in [-0.39, 0.29) is 6.10 Å². The summed E-state index contributed by atoms with van der Waals surface area (Å²) in [6, 6.07) is 0. The number of ether oxygens (including phenoxy) is 1. The first-order valence-electron chi connectivity index (χ1n) is 4.54. The molecule has 0 aromatic carbocycles. The van der Waals surface area contributed by atoms with Gasteiger partial charge in [-0.15, -0.1) is 0 Å². The molecule has 4 nitrogen and oxygen atoms in total. The lowest BCUT2D eigenvalue weighted by molar-refractivity contribution is 0.00893. The Morgan fingerprint density at radius 1 is 1.69 bits per heavy atom. The zero-order valence-corrected chi connectivity index (χ0v) is 8.45. The monoisotopic (exact) mass is 183 g/mol. The third kappa shape index (κ3) is 2.45. The molecule has 0 aliphatic carbocycles. The van der Waals surface area contributed by atoms with Gasteiger partial charge >= 0.3 is 0 Å². The molecule has 0 aliphatic rings. The zero-order chi connectivity index (χ0) is 9.84. The van der Waals surface area contributed by atoms with Crippen LogP contribution in [0.15, 0.2) is 6.20 Å². The molecule has 0 bridgehead atoms. The van der Waals surface area contributed by atoms with E-state index in [0.717, 1.165) is 12.1 Å². The highest BCUT2D eigenvalue weighted by Crippen LogP contribution is 2.09. The van der Waals surface area contributed by atoms with E-state index >= 15 is 0 Å².